The molecule has 1 heterocycles. The second-order valence-electron chi connectivity index (χ2n) is 7.14. The molecule has 1 amide bonds. The first-order valence-corrected chi connectivity index (χ1v) is 10.7. The Morgan fingerprint density at radius 2 is 1.83 bits per heavy atom. The standard InChI is InChI=1S/C25H21BrFNO2/c1-2-13-28-23-6-4-3-5-20(23)21(25(28)29)14-18-9-12-24(22(26)15-18)30-16-17-7-10-19(27)11-8-17/h3-12,14-15H,2,13,16H2,1H3/b21-14-. The molecule has 30 heavy (non-hydrogen) atoms. The van der Waals surface area contributed by atoms with Crippen LogP contribution < -0.4 is 9.64 Å². The van der Waals surface area contributed by atoms with E-state index in [0.29, 0.717) is 24.5 Å². The van der Waals surface area contributed by atoms with Gasteiger partial charge in [-0.15, -0.1) is 0 Å². The minimum absolute atomic E-state index is 0.0332. The third-order valence-electron chi connectivity index (χ3n) is 4.98. The molecule has 4 rings (SSSR count). The van der Waals surface area contributed by atoms with E-state index in [9.17, 15) is 9.18 Å². The van der Waals surface area contributed by atoms with Crippen LogP contribution in [0.3, 0.4) is 0 Å². The zero-order chi connectivity index (χ0) is 21.1. The van der Waals surface area contributed by atoms with E-state index in [4.69, 9.17) is 4.74 Å². The van der Waals surface area contributed by atoms with Crippen LogP contribution in [0.15, 0.2) is 71.2 Å². The van der Waals surface area contributed by atoms with Gasteiger partial charge in [0, 0.05) is 17.7 Å². The van der Waals surface area contributed by atoms with Crippen molar-refractivity contribution in [3.05, 3.63) is 93.7 Å². The van der Waals surface area contributed by atoms with Gasteiger partial charge in [0.25, 0.3) is 5.91 Å². The first kappa shape index (κ1) is 20.4. The van der Waals surface area contributed by atoms with Gasteiger partial charge in [-0.2, -0.15) is 0 Å². The highest BCUT2D eigenvalue weighted by atomic mass is 79.9. The maximum Gasteiger partial charge on any atom is 0.258 e. The molecule has 0 fully saturated rings. The van der Waals surface area contributed by atoms with Crippen LogP contribution in [0.25, 0.3) is 11.6 Å². The SMILES string of the molecule is CCCN1C(=O)/C(=C\c2ccc(OCc3ccc(F)cc3)c(Br)c2)c2ccccc21. The second kappa shape index (κ2) is 8.84. The maximum absolute atomic E-state index is 13.0. The molecule has 152 valence electrons. The van der Waals surface area contributed by atoms with E-state index in [2.05, 4.69) is 22.9 Å². The van der Waals surface area contributed by atoms with Crippen molar-refractivity contribution in [2.24, 2.45) is 0 Å². The molecule has 0 radical (unpaired) electrons. The van der Waals surface area contributed by atoms with E-state index in [1.807, 2.05) is 53.4 Å². The van der Waals surface area contributed by atoms with Gasteiger partial charge in [0.1, 0.15) is 18.2 Å². The number of amides is 1. The average Bonchev–Trinajstić information content (AvgIpc) is 3.01. The van der Waals surface area contributed by atoms with Crippen LogP contribution in [0, 0.1) is 5.82 Å². The third-order valence-corrected chi connectivity index (χ3v) is 5.60. The van der Waals surface area contributed by atoms with Gasteiger partial charge in [-0.3, -0.25) is 4.79 Å². The van der Waals surface area contributed by atoms with Gasteiger partial charge in [-0.1, -0.05) is 43.3 Å². The van der Waals surface area contributed by atoms with Crippen molar-refractivity contribution in [3.8, 4) is 5.75 Å². The van der Waals surface area contributed by atoms with E-state index in [1.165, 1.54) is 12.1 Å². The van der Waals surface area contributed by atoms with E-state index in [0.717, 1.165) is 33.3 Å². The van der Waals surface area contributed by atoms with Crippen molar-refractivity contribution in [1.29, 1.82) is 0 Å². The lowest BCUT2D eigenvalue weighted by Gasteiger charge is -2.15. The minimum atomic E-state index is -0.266. The second-order valence-corrected chi connectivity index (χ2v) is 7.99. The third kappa shape index (κ3) is 4.17. The molecule has 0 bridgehead atoms. The molecular formula is C25H21BrFNO2. The Morgan fingerprint density at radius 1 is 1.07 bits per heavy atom. The molecule has 0 spiro atoms. The molecule has 0 saturated carbocycles. The van der Waals surface area contributed by atoms with Gasteiger partial charge in [0.15, 0.2) is 0 Å². The number of anilines is 1. The Balaban J connectivity index is 1.56. The zero-order valence-corrected chi connectivity index (χ0v) is 18.2. The van der Waals surface area contributed by atoms with Crippen molar-refractivity contribution in [3.63, 3.8) is 0 Å². The summed E-state index contributed by atoms with van der Waals surface area (Å²) in [6, 6.07) is 19.9. The number of rotatable bonds is 6. The summed E-state index contributed by atoms with van der Waals surface area (Å²) in [4.78, 5) is 14.8. The molecule has 5 heteroatoms. The van der Waals surface area contributed by atoms with Crippen LogP contribution in [0.4, 0.5) is 10.1 Å². The summed E-state index contributed by atoms with van der Waals surface area (Å²) >= 11 is 3.56. The summed E-state index contributed by atoms with van der Waals surface area (Å²) in [7, 11) is 0. The average molecular weight is 466 g/mol. The maximum atomic E-state index is 13.0. The highest BCUT2D eigenvalue weighted by Gasteiger charge is 2.31. The number of hydrogen-bond acceptors (Lipinski definition) is 2. The summed E-state index contributed by atoms with van der Waals surface area (Å²) in [5.74, 6) is 0.455. The smallest absolute Gasteiger partial charge is 0.258 e. The summed E-state index contributed by atoms with van der Waals surface area (Å²) < 4.78 is 19.7. The molecular weight excluding hydrogens is 445 g/mol. The molecule has 3 nitrogen and oxygen atoms in total. The van der Waals surface area contributed by atoms with Gasteiger partial charge in [-0.05, 0) is 69.9 Å². The normalized spacial score (nSPS) is 14.3. The Morgan fingerprint density at radius 3 is 2.57 bits per heavy atom. The van der Waals surface area contributed by atoms with Crippen LogP contribution >= 0.6 is 15.9 Å². The first-order valence-electron chi connectivity index (χ1n) is 9.86. The monoisotopic (exact) mass is 465 g/mol. The van der Waals surface area contributed by atoms with E-state index >= 15 is 0 Å². The molecule has 1 aliphatic heterocycles. The molecule has 0 aromatic heterocycles. The van der Waals surface area contributed by atoms with E-state index in [1.54, 1.807) is 12.1 Å². The molecule has 0 aliphatic carbocycles. The lowest BCUT2D eigenvalue weighted by molar-refractivity contribution is -0.113. The number of fused-ring (bicyclic) bond motifs is 1. The Labute approximate surface area is 183 Å². The molecule has 1 aliphatic rings. The number of carbonyl (C=O) groups excluding carboxylic acids is 1. The Bertz CT molecular complexity index is 1110. The first-order chi connectivity index (χ1) is 14.6. The molecule has 0 saturated heterocycles. The predicted octanol–water partition coefficient (Wildman–Crippen LogP) is 6.46. The van der Waals surface area contributed by atoms with Crippen molar-refractivity contribution < 1.29 is 13.9 Å². The lowest BCUT2D eigenvalue weighted by Crippen LogP contribution is -2.26. The highest BCUT2D eigenvalue weighted by Crippen LogP contribution is 2.38. The summed E-state index contributed by atoms with van der Waals surface area (Å²) in [6.07, 6.45) is 2.82. The summed E-state index contributed by atoms with van der Waals surface area (Å²) in [5, 5.41) is 0. The fourth-order valence-electron chi connectivity index (χ4n) is 3.52. The van der Waals surface area contributed by atoms with E-state index < -0.39 is 0 Å². The summed E-state index contributed by atoms with van der Waals surface area (Å²) in [5.41, 5.74) is 4.43. The number of carbonyl (C=O) groups is 1. The number of benzene rings is 3. The number of para-hydroxylation sites is 1. The molecule has 0 atom stereocenters. The van der Waals surface area contributed by atoms with Crippen molar-refractivity contribution in [2.75, 3.05) is 11.4 Å². The van der Waals surface area contributed by atoms with Crippen LogP contribution in [-0.2, 0) is 11.4 Å². The molecule has 3 aromatic carbocycles. The van der Waals surface area contributed by atoms with Crippen molar-refractivity contribution in [2.45, 2.75) is 20.0 Å². The predicted molar refractivity (Wildman–Crippen MR) is 122 cm³/mol. The fraction of sp³-hybridized carbons (Fsp3) is 0.160. The van der Waals surface area contributed by atoms with Crippen molar-refractivity contribution in [1.82, 2.24) is 0 Å². The van der Waals surface area contributed by atoms with Gasteiger partial charge in [0.2, 0.25) is 0 Å². The Hall–Kier alpha value is -2.92. The lowest BCUT2D eigenvalue weighted by atomic mass is 10.0. The summed E-state index contributed by atoms with van der Waals surface area (Å²) in [6.45, 7) is 3.11. The van der Waals surface area contributed by atoms with Crippen LogP contribution in [-0.4, -0.2) is 12.5 Å². The van der Waals surface area contributed by atoms with Crippen LogP contribution in [0.1, 0.15) is 30.0 Å². The molecule has 0 unspecified atom stereocenters. The number of hydrogen-bond donors (Lipinski definition) is 0. The zero-order valence-electron chi connectivity index (χ0n) is 16.6. The van der Waals surface area contributed by atoms with Gasteiger partial charge >= 0.3 is 0 Å². The largest absolute Gasteiger partial charge is 0.488 e. The van der Waals surface area contributed by atoms with Gasteiger partial charge in [-0.25, -0.2) is 4.39 Å². The Kier molecular flexibility index (Phi) is 6.00. The quantitative estimate of drug-likeness (QED) is 0.390. The van der Waals surface area contributed by atoms with Crippen molar-refractivity contribution >= 4 is 39.2 Å². The van der Waals surface area contributed by atoms with E-state index in [-0.39, 0.29) is 11.7 Å². The number of halogens is 2. The number of nitrogens with zero attached hydrogens (tertiary/aromatic N) is 1. The fourth-order valence-corrected chi connectivity index (χ4v) is 4.04. The number of ether oxygens (including phenoxy) is 1. The topological polar surface area (TPSA) is 29.5 Å². The molecule has 3 aromatic rings. The molecule has 0 N–H and O–H groups in total. The highest BCUT2D eigenvalue weighted by molar-refractivity contribution is 9.10. The van der Waals surface area contributed by atoms with Crippen LogP contribution in [0.2, 0.25) is 0 Å². The van der Waals surface area contributed by atoms with Gasteiger partial charge < -0.3 is 9.64 Å². The minimum Gasteiger partial charge on any atom is -0.488 e. The van der Waals surface area contributed by atoms with Gasteiger partial charge in [0.05, 0.1) is 10.2 Å². The van der Waals surface area contributed by atoms with Crippen LogP contribution in [0.5, 0.6) is 5.75 Å².